The van der Waals surface area contributed by atoms with Crippen LogP contribution in [0.25, 0.3) is 0 Å². The van der Waals surface area contributed by atoms with E-state index >= 15 is 0 Å². The van der Waals surface area contributed by atoms with Crippen LogP contribution in [0.15, 0.2) is 6.20 Å². The Labute approximate surface area is 65.6 Å². The molecule has 1 aromatic rings. The van der Waals surface area contributed by atoms with Gasteiger partial charge in [-0.25, -0.2) is 0 Å². The Morgan fingerprint density at radius 1 is 1.73 bits per heavy atom. The maximum Gasteiger partial charge on any atom is 0.0995 e. The number of aromatic amines is 1. The fourth-order valence-corrected chi connectivity index (χ4v) is 1.65. The Bertz CT molecular complexity index is 218. The molecule has 2 heterocycles. The smallest absolute Gasteiger partial charge is 0.0995 e. The van der Waals surface area contributed by atoms with E-state index in [1.165, 1.54) is 19.4 Å². The zero-order chi connectivity index (χ0) is 7.68. The minimum Gasteiger partial charge on any atom is -0.298 e. The number of nitrogens with one attached hydrogen (secondary N) is 1. The summed E-state index contributed by atoms with van der Waals surface area (Å²) in [7, 11) is 2.13. The van der Waals surface area contributed by atoms with Gasteiger partial charge in [0, 0.05) is 0 Å². The van der Waals surface area contributed by atoms with E-state index in [4.69, 9.17) is 0 Å². The third-order valence-electron chi connectivity index (χ3n) is 2.30. The first-order valence-corrected chi connectivity index (χ1v) is 3.94. The summed E-state index contributed by atoms with van der Waals surface area (Å²) in [5.41, 5.74) is 1.07. The predicted molar refractivity (Wildman–Crippen MR) is 41.0 cm³/mol. The SMILES string of the molecule is CN1CCC[C@@H]1c1cn[nH]n1. The van der Waals surface area contributed by atoms with Crippen LogP contribution in [0.4, 0.5) is 0 Å². The minimum absolute atomic E-state index is 0.494. The molecule has 0 saturated carbocycles. The summed E-state index contributed by atoms with van der Waals surface area (Å²) in [5.74, 6) is 0. The summed E-state index contributed by atoms with van der Waals surface area (Å²) in [5, 5.41) is 10.5. The third kappa shape index (κ3) is 1.14. The van der Waals surface area contributed by atoms with Crippen molar-refractivity contribution < 1.29 is 0 Å². The largest absolute Gasteiger partial charge is 0.298 e. The van der Waals surface area contributed by atoms with Crippen LogP contribution >= 0.6 is 0 Å². The average molecular weight is 152 g/mol. The predicted octanol–water partition coefficient (Wildman–Crippen LogP) is 0.571. The van der Waals surface area contributed by atoms with E-state index in [9.17, 15) is 0 Å². The van der Waals surface area contributed by atoms with E-state index in [0.717, 1.165) is 5.69 Å². The van der Waals surface area contributed by atoms with Crippen molar-refractivity contribution in [1.29, 1.82) is 0 Å². The van der Waals surface area contributed by atoms with Gasteiger partial charge in [0.05, 0.1) is 17.9 Å². The highest BCUT2D eigenvalue weighted by molar-refractivity contribution is 5.01. The summed E-state index contributed by atoms with van der Waals surface area (Å²) in [6, 6.07) is 0.494. The molecule has 0 amide bonds. The number of rotatable bonds is 1. The number of aromatic nitrogens is 3. The highest BCUT2D eigenvalue weighted by atomic mass is 15.3. The quantitative estimate of drug-likeness (QED) is 0.640. The maximum absolute atomic E-state index is 4.07. The lowest BCUT2D eigenvalue weighted by Crippen LogP contribution is -2.17. The van der Waals surface area contributed by atoms with Crippen molar-refractivity contribution in [1.82, 2.24) is 20.3 Å². The summed E-state index contributed by atoms with van der Waals surface area (Å²) in [6.45, 7) is 1.18. The number of likely N-dealkylation sites (tertiary alicyclic amines) is 1. The van der Waals surface area contributed by atoms with Crippen LogP contribution in [0.3, 0.4) is 0 Å². The van der Waals surface area contributed by atoms with Crippen LogP contribution < -0.4 is 0 Å². The van der Waals surface area contributed by atoms with Gasteiger partial charge in [-0.15, -0.1) is 0 Å². The van der Waals surface area contributed by atoms with Crippen molar-refractivity contribution in [3.05, 3.63) is 11.9 Å². The molecule has 11 heavy (non-hydrogen) atoms. The summed E-state index contributed by atoms with van der Waals surface area (Å²) >= 11 is 0. The molecule has 0 bridgehead atoms. The van der Waals surface area contributed by atoms with E-state index in [2.05, 4.69) is 27.4 Å². The monoisotopic (exact) mass is 152 g/mol. The molecule has 4 nitrogen and oxygen atoms in total. The molecule has 4 heteroatoms. The van der Waals surface area contributed by atoms with Crippen molar-refractivity contribution in [3.8, 4) is 0 Å². The Morgan fingerprint density at radius 3 is 3.18 bits per heavy atom. The molecule has 1 fully saturated rings. The summed E-state index contributed by atoms with van der Waals surface area (Å²) in [6.07, 6.45) is 4.30. The first-order chi connectivity index (χ1) is 5.38. The van der Waals surface area contributed by atoms with Crippen molar-refractivity contribution in [2.24, 2.45) is 0 Å². The number of nitrogens with zero attached hydrogens (tertiary/aromatic N) is 3. The summed E-state index contributed by atoms with van der Waals surface area (Å²) < 4.78 is 0. The second-order valence-electron chi connectivity index (χ2n) is 3.03. The van der Waals surface area contributed by atoms with Gasteiger partial charge >= 0.3 is 0 Å². The van der Waals surface area contributed by atoms with Crippen LogP contribution in [0.2, 0.25) is 0 Å². The molecule has 1 saturated heterocycles. The molecular weight excluding hydrogens is 140 g/mol. The molecule has 2 rings (SSSR count). The Morgan fingerprint density at radius 2 is 2.64 bits per heavy atom. The number of hydrogen-bond acceptors (Lipinski definition) is 3. The molecule has 1 aliphatic heterocycles. The van der Waals surface area contributed by atoms with Crippen molar-refractivity contribution in [2.75, 3.05) is 13.6 Å². The van der Waals surface area contributed by atoms with Gasteiger partial charge in [0.1, 0.15) is 0 Å². The van der Waals surface area contributed by atoms with Crippen LogP contribution in [-0.4, -0.2) is 33.9 Å². The normalized spacial score (nSPS) is 26.1. The van der Waals surface area contributed by atoms with Crippen molar-refractivity contribution >= 4 is 0 Å². The Hall–Kier alpha value is -0.900. The number of H-pyrrole nitrogens is 1. The standard InChI is InChI=1S/C7H12N4/c1-11-4-2-3-7(11)6-5-8-10-9-6/h5,7H,2-4H2,1H3,(H,8,9,10)/t7-/m1/s1. The van der Waals surface area contributed by atoms with Gasteiger partial charge in [-0.05, 0) is 26.4 Å². The lowest BCUT2D eigenvalue weighted by Gasteiger charge is -2.15. The molecular formula is C7H12N4. The molecule has 1 aliphatic rings. The van der Waals surface area contributed by atoms with Crippen LogP contribution in [0.5, 0.6) is 0 Å². The van der Waals surface area contributed by atoms with Crippen LogP contribution in [0.1, 0.15) is 24.6 Å². The van der Waals surface area contributed by atoms with Gasteiger partial charge in [0.15, 0.2) is 0 Å². The molecule has 60 valence electrons. The second-order valence-corrected chi connectivity index (χ2v) is 3.03. The van der Waals surface area contributed by atoms with Gasteiger partial charge < -0.3 is 0 Å². The number of hydrogen-bond donors (Lipinski definition) is 1. The molecule has 0 aromatic carbocycles. The van der Waals surface area contributed by atoms with Gasteiger partial charge in [-0.3, -0.25) is 4.90 Å². The maximum atomic E-state index is 4.07. The first-order valence-electron chi connectivity index (χ1n) is 3.94. The highest BCUT2D eigenvalue weighted by Crippen LogP contribution is 2.27. The minimum atomic E-state index is 0.494. The van der Waals surface area contributed by atoms with E-state index < -0.39 is 0 Å². The van der Waals surface area contributed by atoms with E-state index in [-0.39, 0.29) is 0 Å². The fraction of sp³-hybridized carbons (Fsp3) is 0.714. The molecule has 0 spiro atoms. The third-order valence-corrected chi connectivity index (χ3v) is 2.30. The zero-order valence-electron chi connectivity index (χ0n) is 6.62. The topological polar surface area (TPSA) is 44.8 Å². The molecule has 0 aliphatic carbocycles. The fourth-order valence-electron chi connectivity index (χ4n) is 1.65. The molecule has 0 unspecified atom stereocenters. The highest BCUT2D eigenvalue weighted by Gasteiger charge is 2.24. The van der Waals surface area contributed by atoms with Crippen molar-refractivity contribution in [3.63, 3.8) is 0 Å². The van der Waals surface area contributed by atoms with E-state index in [0.29, 0.717) is 6.04 Å². The Balaban J connectivity index is 2.16. The van der Waals surface area contributed by atoms with Gasteiger partial charge in [0.25, 0.3) is 0 Å². The van der Waals surface area contributed by atoms with Gasteiger partial charge in [-0.1, -0.05) is 0 Å². The second kappa shape index (κ2) is 2.62. The van der Waals surface area contributed by atoms with Crippen LogP contribution in [-0.2, 0) is 0 Å². The van der Waals surface area contributed by atoms with E-state index in [1.54, 1.807) is 0 Å². The van der Waals surface area contributed by atoms with E-state index in [1.807, 2.05) is 6.20 Å². The Kier molecular flexibility index (Phi) is 1.62. The summed E-state index contributed by atoms with van der Waals surface area (Å²) in [4.78, 5) is 2.32. The molecule has 1 atom stereocenters. The lowest BCUT2D eigenvalue weighted by atomic mass is 10.2. The van der Waals surface area contributed by atoms with Crippen LogP contribution in [0, 0.1) is 0 Å². The van der Waals surface area contributed by atoms with Gasteiger partial charge in [0.2, 0.25) is 0 Å². The molecule has 0 radical (unpaired) electrons. The first kappa shape index (κ1) is 6.79. The average Bonchev–Trinajstić information content (AvgIpc) is 2.55. The van der Waals surface area contributed by atoms with Crippen molar-refractivity contribution in [2.45, 2.75) is 18.9 Å². The zero-order valence-corrected chi connectivity index (χ0v) is 6.62. The van der Waals surface area contributed by atoms with Gasteiger partial charge in [-0.2, -0.15) is 15.4 Å². The lowest BCUT2D eigenvalue weighted by molar-refractivity contribution is 0.311. The molecule has 1 N–H and O–H groups in total. The molecule has 1 aromatic heterocycles.